The molecule has 0 aliphatic rings. The van der Waals surface area contributed by atoms with Crippen molar-refractivity contribution < 1.29 is 18.0 Å². The molecular weight excluding hydrogens is 373 g/mol. The zero-order valence-corrected chi connectivity index (χ0v) is 14.7. The second-order valence-electron chi connectivity index (χ2n) is 6.07. The third kappa shape index (κ3) is 4.67. The molecule has 2 heterocycles. The van der Waals surface area contributed by atoms with E-state index in [4.69, 9.17) is 0 Å². The van der Waals surface area contributed by atoms with E-state index in [1.54, 1.807) is 10.9 Å². The van der Waals surface area contributed by atoms with E-state index in [1.165, 1.54) is 0 Å². The predicted octanol–water partition coefficient (Wildman–Crippen LogP) is 2.41. The van der Waals surface area contributed by atoms with Gasteiger partial charge in [0.2, 0.25) is 5.91 Å². The first-order chi connectivity index (χ1) is 13.3. The van der Waals surface area contributed by atoms with Crippen LogP contribution in [0.4, 0.5) is 13.2 Å². The Kier molecular flexibility index (Phi) is 5.62. The number of nitrogens with one attached hydrogen (secondary N) is 1. The number of aromatic nitrogens is 3. The lowest BCUT2D eigenvalue weighted by atomic mass is 10.1. The van der Waals surface area contributed by atoms with Gasteiger partial charge in [-0.05, 0) is 42.3 Å². The van der Waals surface area contributed by atoms with E-state index in [0.29, 0.717) is 19.0 Å². The van der Waals surface area contributed by atoms with Crippen molar-refractivity contribution in [2.24, 2.45) is 0 Å². The summed E-state index contributed by atoms with van der Waals surface area (Å²) in [7, 11) is 0. The molecule has 1 aromatic carbocycles. The number of hydrogen-bond acceptors (Lipinski definition) is 3. The van der Waals surface area contributed by atoms with Crippen LogP contribution in [0.1, 0.15) is 11.1 Å². The van der Waals surface area contributed by atoms with Gasteiger partial charge in [-0.3, -0.25) is 9.59 Å². The van der Waals surface area contributed by atoms with Gasteiger partial charge < -0.3 is 9.88 Å². The molecule has 0 bridgehead atoms. The molecule has 3 rings (SSSR count). The van der Waals surface area contributed by atoms with Crippen LogP contribution in [0.3, 0.4) is 0 Å². The third-order valence-corrected chi connectivity index (χ3v) is 4.08. The van der Waals surface area contributed by atoms with Crippen molar-refractivity contribution in [1.29, 1.82) is 0 Å². The number of benzene rings is 1. The van der Waals surface area contributed by atoms with Crippen LogP contribution in [0.5, 0.6) is 0 Å². The molecule has 0 unspecified atom stereocenters. The summed E-state index contributed by atoms with van der Waals surface area (Å²) in [5.74, 6) is -0.533. The Balaban J connectivity index is 1.53. The molecule has 28 heavy (non-hydrogen) atoms. The van der Waals surface area contributed by atoms with Crippen LogP contribution in [-0.2, 0) is 23.9 Å². The molecule has 0 fully saturated rings. The molecule has 2 aromatic heterocycles. The average Bonchev–Trinajstić information content (AvgIpc) is 3.18. The maximum Gasteiger partial charge on any atom is 0.421 e. The first kappa shape index (κ1) is 19.4. The SMILES string of the molecule is O=C(Cn1cccc(C(F)(F)F)c1=O)NCCc1ccc(-n2cccn2)cc1. The fourth-order valence-corrected chi connectivity index (χ4v) is 2.67. The van der Waals surface area contributed by atoms with Gasteiger partial charge in [0.25, 0.3) is 5.56 Å². The summed E-state index contributed by atoms with van der Waals surface area (Å²) in [6.45, 7) is -0.172. The molecule has 6 nitrogen and oxygen atoms in total. The van der Waals surface area contributed by atoms with Crippen LogP contribution < -0.4 is 10.9 Å². The highest BCUT2D eigenvalue weighted by molar-refractivity contribution is 5.75. The van der Waals surface area contributed by atoms with Crippen molar-refractivity contribution in [3.05, 3.63) is 82.5 Å². The van der Waals surface area contributed by atoms with Crippen molar-refractivity contribution in [2.75, 3.05) is 6.54 Å². The molecule has 1 amide bonds. The van der Waals surface area contributed by atoms with E-state index in [0.717, 1.165) is 28.1 Å². The molecule has 1 N–H and O–H groups in total. The Morgan fingerprint density at radius 3 is 2.46 bits per heavy atom. The van der Waals surface area contributed by atoms with E-state index >= 15 is 0 Å². The Labute approximate surface area is 158 Å². The molecule has 0 aliphatic carbocycles. The van der Waals surface area contributed by atoms with E-state index in [-0.39, 0.29) is 0 Å². The van der Waals surface area contributed by atoms with Crippen LogP contribution in [-0.4, -0.2) is 26.8 Å². The smallest absolute Gasteiger partial charge is 0.354 e. The number of alkyl halides is 3. The first-order valence-electron chi connectivity index (χ1n) is 8.47. The summed E-state index contributed by atoms with van der Waals surface area (Å²) >= 11 is 0. The van der Waals surface area contributed by atoms with Gasteiger partial charge in [0.15, 0.2) is 0 Å². The summed E-state index contributed by atoms with van der Waals surface area (Å²) in [5.41, 5.74) is -0.645. The van der Waals surface area contributed by atoms with E-state index < -0.39 is 29.8 Å². The number of carbonyl (C=O) groups is 1. The van der Waals surface area contributed by atoms with Crippen molar-refractivity contribution in [1.82, 2.24) is 19.7 Å². The topological polar surface area (TPSA) is 68.9 Å². The molecule has 146 valence electrons. The van der Waals surface area contributed by atoms with E-state index in [1.807, 2.05) is 36.5 Å². The number of hydrogen-bond donors (Lipinski definition) is 1. The average molecular weight is 390 g/mol. The summed E-state index contributed by atoms with van der Waals surface area (Å²) in [4.78, 5) is 23.8. The maximum absolute atomic E-state index is 12.8. The Morgan fingerprint density at radius 1 is 1.07 bits per heavy atom. The lowest BCUT2D eigenvalue weighted by molar-refractivity contribution is -0.139. The molecule has 9 heteroatoms. The Hall–Kier alpha value is -3.36. The molecule has 0 radical (unpaired) electrons. The van der Waals surface area contributed by atoms with Gasteiger partial charge in [-0.2, -0.15) is 18.3 Å². The fourth-order valence-electron chi connectivity index (χ4n) is 2.67. The number of rotatable bonds is 6. The largest absolute Gasteiger partial charge is 0.421 e. The highest BCUT2D eigenvalue weighted by atomic mass is 19.4. The summed E-state index contributed by atoms with van der Waals surface area (Å²) in [6.07, 6.45) is 0.455. The first-order valence-corrected chi connectivity index (χ1v) is 8.47. The van der Waals surface area contributed by atoms with Gasteiger partial charge in [-0.15, -0.1) is 0 Å². The third-order valence-electron chi connectivity index (χ3n) is 4.08. The number of amides is 1. The van der Waals surface area contributed by atoms with Crippen LogP contribution >= 0.6 is 0 Å². The van der Waals surface area contributed by atoms with Crippen LogP contribution in [0.25, 0.3) is 5.69 Å². The van der Waals surface area contributed by atoms with E-state index in [9.17, 15) is 22.8 Å². The number of nitrogens with zero attached hydrogens (tertiary/aromatic N) is 3. The standard InChI is InChI=1S/C19H17F3N4O2/c20-19(21,22)16-3-1-11-25(18(16)28)13-17(27)23-10-8-14-4-6-15(7-5-14)26-12-2-9-24-26/h1-7,9,11-12H,8,10,13H2,(H,23,27). The lowest BCUT2D eigenvalue weighted by Gasteiger charge is -2.11. The molecule has 0 saturated carbocycles. The quantitative estimate of drug-likeness (QED) is 0.703. The zero-order chi connectivity index (χ0) is 20.1. The molecule has 0 saturated heterocycles. The van der Waals surface area contributed by atoms with Gasteiger partial charge in [-0.25, -0.2) is 4.68 Å². The van der Waals surface area contributed by atoms with Crippen LogP contribution in [0.2, 0.25) is 0 Å². The van der Waals surface area contributed by atoms with Gasteiger partial charge in [0.05, 0.1) is 5.69 Å². The minimum Gasteiger partial charge on any atom is -0.354 e. The molecule has 0 spiro atoms. The van der Waals surface area contributed by atoms with Crippen LogP contribution in [0, 0.1) is 0 Å². The van der Waals surface area contributed by atoms with Crippen molar-refractivity contribution >= 4 is 5.91 Å². The predicted molar refractivity (Wildman–Crippen MR) is 96.0 cm³/mol. The van der Waals surface area contributed by atoms with Gasteiger partial charge >= 0.3 is 6.18 Å². The van der Waals surface area contributed by atoms with Gasteiger partial charge in [0, 0.05) is 25.1 Å². The highest BCUT2D eigenvalue weighted by Gasteiger charge is 2.34. The molecule has 0 atom stereocenters. The maximum atomic E-state index is 12.8. The number of halogens is 3. The lowest BCUT2D eigenvalue weighted by Crippen LogP contribution is -2.35. The second kappa shape index (κ2) is 8.12. The Morgan fingerprint density at radius 2 is 1.82 bits per heavy atom. The minimum absolute atomic E-state index is 0.299. The summed E-state index contributed by atoms with van der Waals surface area (Å²) in [6, 6.07) is 11.2. The highest BCUT2D eigenvalue weighted by Crippen LogP contribution is 2.25. The van der Waals surface area contributed by atoms with Crippen molar-refractivity contribution in [2.45, 2.75) is 19.1 Å². The van der Waals surface area contributed by atoms with Gasteiger partial charge in [0.1, 0.15) is 12.1 Å². The second-order valence-corrected chi connectivity index (χ2v) is 6.07. The fraction of sp³-hybridized carbons (Fsp3) is 0.211. The number of carbonyl (C=O) groups excluding carboxylic acids is 1. The molecule has 0 aliphatic heterocycles. The zero-order valence-electron chi connectivity index (χ0n) is 14.7. The van der Waals surface area contributed by atoms with Crippen molar-refractivity contribution in [3.63, 3.8) is 0 Å². The molecule has 3 aromatic rings. The van der Waals surface area contributed by atoms with Crippen molar-refractivity contribution in [3.8, 4) is 5.69 Å². The van der Waals surface area contributed by atoms with E-state index in [2.05, 4.69) is 10.4 Å². The molecular formula is C19H17F3N4O2. The normalized spacial score (nSPS) is 11.4. The summed E-state index contributed by atoms with van der Waals surface area (Å²) in [5, 5.41) is 6.74. The summed E-state index contributed by atoms with van der Waals surface area (Å²) < 4.78 is 40.7. The minimum atomic E-state index is -4.75. The van der Waals surface area contributed by atoms with Crippen LogP contribution in [0.15, 0.2) is 65.8 Å². The van der Waals surface area contributed by atoms with Gasteiger partial charge in [-0.1, -0.05) is 12.1 Å². The monoisotopic (exact) mass is 390 g/mol. The Bertz CT molecular complexity index is 993. The number of pyridine rings is 1.